The smallest absolute Gasteiger partial charge is 0.408 e. The largest absolute Gasteiger partial charge is 0.480 e. The summed E-state index contributed by atoms with van der Waals surface area (Å²) in [5.74, 6) is -0.721. The Morgan fingerprint density at radius 1 is 1.02 bits per heavy atom. The fourth-order valence-electron chi connectivity index (χ4n) is 3.13. The number of rotatable bonds is 6. The molecule has 11 nitrogen and oxygen atoms in total. The molecule has 1 aliphatic rings. The number of ether oxygens (including phenoxy) is 2. The summed E-state index contributed by atoms with van der Waals surface area (Å²) in [5.41, 5.74) is 5.88. The molecular weight excluding hydrogens is 580 g/mol. The number of carbonyl (C=O) groups is 4. The summed E-state index contributed by atoms with van der Waals surface area (Å²) in [4.78, 5) is 48.4. The Labute approximate surface area is 256 Å². The number of fused-ring (bicyclic) bond motifs is 1. The van der Waals surface area contributed by atoms with Crippen LogP contribution in [0.1, 0.15) is 49.0 Å². The summed E-state index contributed by atoms with van der Waals surface area (Å²) in [7, 11) is 0. The van der Waals surface area contributed by atoms with Gasteiger partial charge in [-0.3, -0.25) is 4.79 Å². The Kier molecular flexibility index (Phi) is 14.0. The zero-order valence-corrected chi connectivity index (χ0v) is 25.6. The minimum absolute atomic E-state index is 0. The molecule has 3 rings (SSSR count). The number of anilines is 2. The highest BCUT2D eigenvalue weighted by molar-refractivity contribution is 7.99. The molecule has 3 amide bonds. The van der Waals surface area contributed by atoms with Crippen molar-refractivity contribution in [3.63, 3.8) is 0 Å². The molecule has 0 saturated carbocycles. The van der Waals surface area contributed by atoms with Crippen molar-refractivity contribution >= 4 is 59.0 Å². The molecule has 2 aromatic rings. The number of thioether (sulfide) groups is 2. The van der Waals surface area contributed by atoms with Gasteiger partial charge in [-0.05, 0) is 65.8 Å². The molecule has 13 heteroatoms. The fraction of sp³-hybridized carbons (Fsp3) is 0.448. The van der Waals surface area contributed by atoms with Crippen LogP contribution in [0.25, 0.3) is 0 Å². The van der Waals surface area contributed by atoms with Gasteiger partial charge in [0.05, 0.1) is 5.69 Å². The van der Waals surface area contributed by atoms with Crippen LogP contribution in [0.15, 0.2) is 58.3 Å². The zero-order chi connectivity index (χ0) is 30.8. The standard InChI is InChI=1S/C14H20N2O4S.C14H18N2O3S.CH4/c1-14(2,3)20-13(19)16-10(12(17)18)8-21-11-7-5-4-6-9(11)15;1-14(2,3)19-13(18)16-10-8-20-11-7-5-4-6-9(11)15-12(10)17;/h4-7,10H,8,15H2,1-3H3,(H,16,19)(H,17,18);4-7,10H,8H2,1-3H3,(H,15,17)(H,16,18);1H4/t2*10-;/m00./s1. The SMILES string of the molecule is C.CC(C)(C)OC(=O)N[C@@H](CSc1ccccc1N)C(=O)O.CC(C)(C)OC(=O)N[C@H]1CSc2ccccc2NC1=O. The van der Waals surface area contributed by atoms with Crippen molar-refractivity contribution in [2.45, 2.75) is 82.0 Å². The van der Waals surface area contributed by atoms with Gasteiger partial charge in [0.1, 0.15) is 23.3 Å². The number of hydrogen-bond donors (Lipinski definition) is 5. The van der Waals surface area contributed by atoms with Gasteiger partial charge in [-0.2, -0.15) is 0 Å². The van der Waals surface area contributed by atoms with E-state index in [9.17, 15) is 19.2 Å². The van der Waals surface area contributed by atoms with E-state index >= 15 is 0 Å². The summed E-state index contributed by atoms with van der Waals surface area (Å²) in [6, 6.07) is 13.0. The van der Waals surface area contributed by atoms with Gasteiger partial charge in [0.25, 0.3) is 0 Å². The van der Waals surface area contributed by atoms with Crippen molar-refractivity contribution in [2.75, 3.05) is 22.6 Å². The molecule has 0 aliphatic carbocycles. The van der Waals surface area contributed by atoms with Gasteiger partial charge >= 0.3 is 18.2 Å². The number of carboxylic acids is 1. The number of nitrogens with one attached hydrogen (secondary N) is 3. The third-order valence-electron chi connectivity index (χ3n) is 4.87. The highest BCUT2D eigenvalue weighted by atomic mass is 32.2. The third-order valence-corrected chi connectivity index (χ3v) is 7.22. The van der Waals surface area contributed by atoms with E-state index in [1.165, 1.54) is 23.5 Å². The number of nitrogen functional groups attached to an aromatic ring is 1. The fourth-order valence-corrected chi connectivity index (χ4v) is 5.14. The first-order valence-corrected chi connectivity index (χ1v) is 14.7. The summed E-state index contributed by atoms with van der Waals surface area (Å²) in [5, 5.41) is 16.9. The van der Waals surface area contributed by atoms with Crippen molar-refractivity contribution in [3.8, 4) is 0 Å². The molecule has 0 saturated heterocycles. The van der Waals surface area contributed by atoms with Crippen LogP contribution in [-0.4, -0.2) is 64.0 Å². The molecule has 2 atom stereocenters. The Hall–Kier alpha value is -3.58. The lowest BCUT2D eigenvalue weighted by Crippen LogP contribution is -2.46. The molecule has 0 aromatic heterocycles. The Balaban J connectivity index is 0.000000410. The quantitative estimate of drug-likeness (QED) is 0.202. The lowest BCUT2D eigenvalue weighted by atomic mass is 10.2. The summed E-state index contributed by atoms with van der Waals surface area (Å²) >= 11 is 2.80. The number of nitrogens with two attached hydrogens (primary N) is 1. The molecule has 1 heterocycles. The van der Waals surface area contributed by atoms with Gasteiger partial charge in [0.15, 0.2) is 0 Å². The topological polar surface area (TPSA) is 169 Å². The first kappa shape index (κ1) is 36.4. The van der Waals surface area contributed by atoms with Crippen molar-refractivity contribution in [2.24, 2.45) is 0 Å². The van der Waals surface area contributed by atoms with Crippen LogP contribution in [0, 0.1) is 0 Å². The highest BCUT2D eigenvalue weighted by Crippen LogP contribution is 2.30. The van der Waals surface area contributed by atoms with Gasteiger partial charge in [0, 0.05) is 27.0 Å². The Bertz CT molecular complexity index is 1230. The predicted octanol–water partition coefficient (Wildman–Crippen LogP) is 5.60. The highest BCUT2D eigenvalue weighted by Gasteiger charge is 2.28. The summed E-state index contributed by atoms with van der Waals surface area (Å²) < 4.78 is 10.2. The second kappa shape index (κ2) is 16.2. The number of carboxylic acid groups (broad SMARTS) is 1. The van der Waals surface area contributed by atoms with Gasteiger partial charge in [-0.25, -0.2) is 14.4 Å². The van der Waals surface area contributed by atoms with Crippen molar-refractivity contribution < 1.29 is 33.8 Å². The molecule has 0 bridgehead atoms. The molecule has 0 spiro atoms. The summed E-state index contributed by atoms with van der Waals surface area (Å²) in [6.45, 7) is 10.5. The molecule has 1 aliphatic heterocycles. The van der Waals surface area contributed by atoms with E-state index in [1.54, 1.807) is 59.7 Å². The Morgan fingerprint density at radius 3 is 2.19 bits per heavy atom. The van der Waals surface area contributed by atoms with Crippen LogP contribution >= 0.6 is 23.5 Å². The normalized spacial score (nSPS) is 15.1. The van der Waals surface area contributed by atoms with E-state index < -0.39 is 41.4 Å². The van der Waals surface area contributed by atoms with Crippen LogP contribution < -0.4 is 21.7 Å². The van der Waals surface area contributed by atoms with Crippen molar-refractivity contribution in [1.29, 1.82) is 0 Å². The van der Waals surface area contributed by atoms with Crippen LogP contribution in [0.4, 0.5) is 21.0 Å². The molecule has 232 valence electrons. The maximum atomic E-state index is 12.1. The molecule has 6 N–H and O–H groups in total. The zero-order valence-electron chi connectivity index (χ0n) is 24.0. The maximum Gasteiger partial charge on any atom is 0.408 e. The lowest BCUT2D eigenvalue weighted by molar-refractivity contribution is -0.138. The first-order chi connectivity index (χ1) is 19.0. The van der Waals surface area contributed by atoms with Gasteiger partial charge in [0.2, 0.25) is 5.91 Å². The Morgan fingerprint density at radius 2 is 1.60 bits per heavy atom. The third kappa shape index (κ3) is 13.4. The van der Waals surface area contributed by atoms with Crippen LogP contribution in [0.3, 0.4) is 0 Å². The minimum Gasteiger partial charge on any atom is -0.480 e. The van der Waals surface area contributed by atoms with Gasteiger partial charge < -0.3 is 36.3 Å². The number of para-hydroxylation sites is 2. The average Bonchev–Trinajstić information content (AvgIpc) is 2.99. The van der Waals surface area contributed by atoms with E-state index in [4.69, 9.17) is 20.3 Å². The second-order valence-electron chi connectivity index (χ2n) is 10.9. The van der Waals surface area contributed by atoms with Crippen LogP contribution in [0.2, 0.25) is 0 Å². The number of amides is 3. The van der Waals surface area contributed by atoms with Crippen LogP contribution in [0.5, 0.6) is 0 Å². The van der Waals surface area contributed by atoms with E-state index in [1.807, 2.05) is 30.3 Å². The average molecular weight is 623 g/mol. The monoisotopic (exact) mass is 622 g/mol. The lowest BCUT2D eigenvalue weighted by Gasteiger charge is -2.22. The molecule has 0 fully saturated rings. The number of benzene rings is 2. The molecule has 2 aromatic carbocycles. The van der Waals surface area contributed by atoms with Crippen molar-refractivity contribution in [1.82, 2.24) is 10.6 Å². The number of alkyl carbamates (subject to hydrolysis) is 2. The second-order valence-corrected chi connectivity index (χ2v) is 13.0. The molecule has 0 radical (unpaired) electrons. The maximum absolute atomic E-state index is 12.1. The van der Waals surface area contributed by atoms with E-state index in [0.717, 1.165) is 15.5 Å². The van der Waals surface area contributed by atoms with E-state index in [2.05, 4.69) is 16.0 Å². The first-order valence-electron chi connectivity index (χ1n) is 12.8. The van der Waals surface area contributed by atoms with Crippen molar-refractivity contribution in [3.05, 3.63) is 48.5 Å². The van der Waals surface area contributed by atoms with Gasteiger partial charge in [-0.1, -0.05) is 31.7 Å². The minimum atomic E-state index is -1.12. The van der Waals surface area contributed by atoms with Gasteiger partial charge in [-0.15, -0.1) is 23.5 Å². The molecule has 0 unspecified atom stereocenters. The summed E-state index contributed by atoms with van der Waals surface area (Å²) in [6.07, 6.45) is -1.33. The van der Waals surface area contributed by atoms with E-state index in [-0.39, 0.29) is 19.1 Å². The predicted molar refractivity (Wildman–Crippen MR) is 168 cm³/mol. The molecular formula is C29H42N4O7S2. The van der Waals surface area contributed by atoms with Crippen LogP contribution in [-0.2, 0) is 19.1 Å². The number of carbonyl (C=O) groups excluding carboxylic acids is 3. The number of aliphatic carboxylic acids is 1. The molecule has 42 heavy (non-hydrogen) atoms. The van der Waals surface area contributed by atoms with E-state index in [0.29, 0.717) is 11.4 Å². The number of hydrogen-bond acceptors (Lipinski definition) is 9.